The molecule has 0 amide bonds. The third-order valence-electron chi connectivity index (χ3n) is 5.29. The molecule has 1 N–H and O–H groups in total. The number of β-amino-alcohol motifs (C(OH)–C–C–N with tert-alkyl or cyclic N) is 1. The summed E-state index contributed by atoms with van der Waals surface area (Å²) >= 11 is 0. The van der Waals surface area contributed by atoms with Gasteiger partial charge in [-0.25, -0.2) is 23.4 Å². The monoisotopic (exact) mass is 429 g/mol. The topological polar surface area (TPSA) is 101 Å². The molecule has 0 saturated carbocycles. The number of aliphatic hydroxyl groups is 1. The van der Waals surface area contributed by atoms with E-state index in [0.717, 1.165) is 5.82 Å². The van der Waals surface area contributed by atoms with Crippen LogP contribution in [0, 0.1) is 0 Å². The molecule has 0 spiro atoms. The molecule has 4 rings (SSSR count). The van der Waals surface area contributed by atoms with Crippen molar-refractivity contribution in [1.82, 2.24) is 19.5 Å². The molecule has 3 heterocycles. The zero-order valence-electron chi connectivity index (χ0n) is 17.7. The van der Waals surface area contributed by atoms with Crippen molar-refractivity contribution in [3.63, 3.8) is 0 Å². The summed E-state index contributed by atoms with van der Waals surface area (Å²) in [5.74, 6) is 1.40. The van der Waals surface area contributed by atoms with Gasteiger partial charge in [0.2, 0.25) is 0 Å². The molecular formula is C21H27N5O3S. The van der Waals surface area contributed by atoms with Gasteiger partial charge in [0.1, 0.15) is 5.82 Å². The van der Waals surface area contributed by atoms with Gasteiger partial charge in [-0.2, -0.15) is 0 Å². The zero-order valence-corrected chi connectivity index (χ0v) is 18.5. The highest BCUT2D eigenvalue weighted by Crippen LogP contribution is 2.30. The zero-order chi connectivity index (χ0) is 21.7. The molecule has 1 aromatic carbocycles. The van der Waals surface area contributed by atoms with Crippen LogP contribution in [0.1, 0.15) is 38.6 Å². The van der Waals surface area contributed by atoms with E-state index in [4.69, 9.17) is 9.97 Å². The van der Waals surface area contributed by atoms with Crippen molar-refractivity contribution >= 4 is 26.8 Å². The molecule has 0 radical (unpaired) electrons. The Hall–Kier alpha value is -2.52. The fourth-order valence-corrected chi connectivity index (χ4v) is 4.65. The molecule has 160 valence electrons. The number of fused-ring (bicyclic) bond motifs is 1. The lowest BCUT2D eigenvalue weighted by Crippen LogP contribution is -2.25. The van der Waals surface area contributed by atoms with Gasteiger partial charge in [-0.05, 0) is 18.1 Å². The van der Waals surface area contributed by atoms with E-state index in [-0.39, 0.29) is 11.5 Å². The highest BCUT2D eigenvalue weighted by atomic mass is 32.2. The number of anilines is 1. The number of rotatable bonds is 4. The summed E-state index contributed by atoms with van der Waals surface area (Å²) in [6.07, 6.45) is 3.21. The molecule has 2 aromatic heterocycles. The van der Waals surface area contributed by atoms with E-state index >= 15 is 0 Å². The summed E-state index contributed by atoms with van der Waals surface area (Å²) in [4.78, 5) is 16.5. The van der Waals surface area contributed by atoms with Crippen molar-refractivity contribution < 1.29 is 13.5 Å². The average molecular weight is 430 g/mol. The molecule has 30 heavy (non-hydrogen) atoms. The summed E-state index contributed by atoms with van der Waals surface area (Å²) in [5.41, 5.74) is 1.73. The Labute approximate surface area is 176 Å². The highest BCUT2D eigenvalue weighted by molar-refractivity contribution is 7.90. The van der Waals surface area contributed by atoms with E-state index in [1.807, 2.05) is 21.6 Å². The van der Waals surface area contributed by atoms with E-state index < -0.39 is 9.84 Å². The van der Waals surface area contributed by atoms with Gasteiger partial charge in [0.15, 0.2) is 26.8 Å². The van der Waals surface area contributed by atoms with Crippen LogP contribution < -0.4 is 4.90 Å². The Kier molecular flexibility index (Phi) is 5.06. The predicted octanol–water partition coefficient (Wildman–Crippen LogP) is 2.15. The van der Waals surface area contributed by atoms with Gasteiger partial charge in [0.05, 0.1) is 23.9 Å². The number of hydrogen-bond acceptors (Lipinski definition) is 7. The van der Waals surface area contributed by atoms with Gasteiger partial charge in [-0.3, -0.25) is 0 Å². The number of aliphatic hydroxyl groups excluding tert-OH is 1. The van der Waals surface area contributed by atoms with E-state index in [9.17, 15) is 13.5 Å². The van der Waals surface area contributed by atoms with E-state index in [1.54, 1.807) is 18.5 Å². The van der Waals surface area contributed by atoms with Crippen molar-refractivity contribution in [2.24, 2.45) is 0 Å². The van der Waals surface area contributed by atoms with Gasteiger partial charge in [0.25, 0.3) is 0 Å². The quantitative estimate of drug-likeness (QED) is 0.678. The van der Waals surface area contributed by atoms with Crippen LogP contribution in [-0.4, -0.2) is 58.5 Å². The van der Waals surface area contributed by atoms with E-state index in [0.29, 0.717) is 53.5 Å². The van der Waals surface area contributed by atoms with Crippen LogP contribution in [0.25, 0.3) is 11.2 Å². The van der Waals surface area contributed by atoms with Gasteiger partial charge in [0, 0.05) is 24.8 Å². The Balaban J connectivity index is 1.85. The summed E-state index contributed by atoms with van der Waals surface area (Å²) in [7, 11) is -3.35. The molecule has 1 saturated heterocycles. The summed E-state index contributed by atoms with van der Waals surface area (Å²) in [6, 6.07) is 6.99. The first-order valence-electron chi connectivity index (χ1n) is 9.98. The lowest BCUT2D eigenvalue weighted by atomic mass is 9.96. The molecule has 1 atom stereocenters. The van der Waals surface area contributed by atoms with Crippen LogP contribution in [0.2, 0.25) is 0 Å². The Morgan fingerprint density at radius 2 is 1.93 bits per heavy atom. The minimum absolute atomic E-state index is 0.277. The molecule has 9 heteroatoms. The van der Waals surface area contributed by atoms with Gasteiger partial charge < -0.3 is 14.6 Å². The second kappa shape index (κ2) is 7.31. The lowest BCUT2D eigenvalue weighted by Gasteiger charge is -2.22. The maximum atomic E-state index is 12.2. The van der Waals surface area contributed by atoms with Crippen molar-refractivity contribution in [3.05, 3.63) is 42.0 Å². The average Bonchev–Trinajstić information content (AvgIpc) is 3.26. The third-order valence-corrected chi connectivity index (χ3v) is 6.49. The number of benzene rings is 1. The fraction of sp³-hybridized carbons (Fsp3) is 0.476. The molecule has 0 bridgehead atoms. The molecule has 0 aliphatic carbocycles. The number of nitrogens with zero attached hydrogens (tertiary/aromatic N) is 5. The van der Waals surface area contributed by atoms with Crippen molar-refractivity contribution in [3.8, 4) is 0 Å². The largest absolute Gasteiger partial charge is 0.391 e. The van der Waals surface area contributed by atoms with Gasteiger partial charge in [-0.1, -0.05) is 39.0 Å². The van der Waals surface area contributed by atoms with E-state index in [2.05, 4.69) is 25.8 Å². The lowest BCUT2D eigenvalue weighted by molar-refractivity contribution is 0.198. The number of imidazole rings is 1. The minimum Gasteiger partial charge on any atom is -0.391 e. The first-order chi connectivity index (χ1) is 14.0. The van der Waals surface area contributed by atoms with Gasteiger partial charge in [-0.15, -0.1) is 0 Å². The maximum Gasteiger partial charge on any atom is 0.175 e. The molecule has 1 aliphatic rings. The van der Waals surface area contributed by atoms with Crippen LogP contribution in [-0.2, 0) is 21.8 Å². The van der Waals surface area contributed by atoms with Crippen LogP contribution in [0.4, 0.5) is 5.82 Å². The highest BCUT2D eigenvalue weighted by Gasteiger charge is 2.28. The van der Waals surface area contributed by atoms with Crippen LogP contribution in [0.3, 0.4) is 0 Å². The summed E-state index contributed by atoms with van der Waals surface area (Å²) < 4.78 is 26.3. The molecule has 1 fully saturated rings. The standard InChI is InChI=1S/C21H27N5O3S/c1-21(2,3)20-23-18(25-10-9-15(27)12-25)17-19(24-20)26(13-22-17)11-14-7-5-6-8-16(14)30(4,28)29/h5-8,13,15,27H,9-12H2,1-4H3. The first kappa shape index (κ1) is 20.7. The predicted molar refractivity (Wildman–Crippen MR) is 116 cm³/mol. The van der Waals surface area contributed by atoms with Crippen LogP contribution in [0.15, 0.2) is 35.5 Å². The molecule has 8 nitrogen and oxygen atoms in total. The van der Waals surface area contributed by atoms with Crippen molar-refractivity contribution in [1.29, 1.82) is 0 Å². The Morgan fingerprint density at radius 1 is 1.20 bits per heavy atom. The van der Waals surface area contributed by atoms with Crippen LogP contribution >= 0.6 is 0 Å². The summed E-state index contributed by atoms with van der Waals surface area (Å²) in [6.45, 7) is 7.71. The smallest absolute Gasteiger partial charge is 0.175 e. The van der Waals surface area contributed by atoms with Crippen LogP contribution in [0.5, 0.6) is 0 Å². The summed E-state index contributed by atoms with van der Waals surface area (Å²) in [5, 5.41) is 10.0. The third kappa shape index (κ3) is 3.91. The SMILES string of the molecule is CC(C)(C)c1nc(N2CCC(O)C2)c2ncn(Cc3ccccc3S(C)(=O)=O)c2n1. The van der Waals surface area contributed by atoms with Crippen molar-refractivity contribution in [2.75, 3.05) is 24.2 Å². The fourth-order valence-electron chi connectivity index (χ4n) is 3.71. The minimum atomic E-state index is -3.35. The second-order valence-electron chi connectivity index (χ2n) is 8.93. The number of aromatic nitrogens is 4. The number of sulfone groups is 1. The first-order valence-corrected chi connectivity index (χ1v) is 11.9. The van der Waals surface area contributed by atoms with Crippen molar-refractivity contribution in [2.45, 2.75) is 50.2 Å². The Bertz CT molecular complexity index is 1200. The molecular weight excluding hydrogens is 402 g/mol. The molecule has 3 aromatic rings. The molecule has 1 unspecified atom stereocenters. The maximum absolute atomic E-state index is 12.2. The van der Waals surface area contributed by atoms with E-state index in [1.165, 1.54) is 6.26 Å². The normalized spacial score (nSPS) is 17.8. The number of hydrogen-bond donors (Lipinski definition) is 1. The van der Waals surface area contributed by atoms with Gasteiger partial charge >= 0.3 is 0 Å². The second-order valence-corrected chi connectivity index (χ2v) is 10.9. The Morgan fingerprint density at radius 3 is 2.57 bits per heavy atom. The molecule has 1 aliphatic heterocycles.